The third-order valence-corrected chi connectivity index (χ3v) is 13.5. The summed E-state index contributed by atoms with van der Waals surface area (Å²) in [7, 11) is 0. The number of carbonyl (C=O) groups is 2. The minimum Gasteiger partial charge on any atom is -0.461 e. The molecule has 0 aromatic heterocycles. The molecule has 5 bridgehead atoms. The van der Waals surface area contributed by atoms with Crippen LogP contribution in [0, 0.1) is 58.7 Å². The van der Waals surface area contributed by atoms with E-state index in [1.165, 1.54) is 5.57 Å². The number of esters is 2. The lowest BCUT2D eigenvalue weighted by atomic mass is 9.54. The molecule has 5 aliphatic carbocycles. The Labute approximate surface area is 218 Å². The molecule has 7 fully saturated rings. The predicted octanol–water partition coefficient (Wildman–Crippen LogP) is 3.01. The number of hydrogen-bond donors (Lipinski definition) is 2. The average molecular weight is 513 g/mol. The lowest BCUT2D eigenvalue weighted by Gasteiger charge is -2.55. The second-order valence-electron chi connectivity index (χ2n) is 14.7. The molecule has 0 aromatic carbocycles. The largest absolute Gasteiger partial charge is 0.461 e. The molecule has 2 N–H and O–H groups in total. The van der Waals surface area contributed by atoms with Gasteiger partial charge in [0.1, 0.15) is 17.8 Å². The summed E-state index contributed by atoms with van der Waals surface area (Å²) >= 11 is 0. The molecule has 3 aliphatic heterocycles. The minimum absolute atomic E-state index is 0.00116. The number of hydrogen-bond acceptors (Lipinski definition) is 7. The van der Waals surface area contributed by atoms with E-state index in [0.29, 0.717) is 6.42 Å². The van der Waals surface area contributed by atoms with Crippen LogP contribution in [-0.4, -0.2) is 57.3 Å². The first-order valence-electron chi connectivity index (χ1n) is 14.5. The molecule has 0 aromatic rings. The SMILES string of the molecule is CC1=C2[C@H]3OC(=O)[C@@H](C)[C@@H]3CC[C@](C)(O)[C@H]2[C@H]2[C@@H]3[C@H]4[C@@]5([C@H]6OC(=O)[C@@H](C)[C@@H]6CC[C@]4(C)O[C@]5(C)[C@H]3O)[C@@H]12. The number of aliphatic hydroxyl groups is 2. The first-order valence-corrected chi connectivity index (χ1v) is 14.5. The second kappa shape index (κ2) is 6.47. The normalized spacial score (nSPS) is 64.5. The lowest BCUT2D eigenvalue weighted by molar-refractivity contribution is -0.254. The maximum atomic E-state index is 13.1. The summed E-state index contributed by atoms with van der Waals surface area (Å²) in [5, 5.41) is 24.2. The lowest BCUT2D eigenvalue weighted by Crippen LogP contribution is -2.64. The Bertz CT molecular complexity index is 1170. The van der Waals surface area contributed by atoms with Crippen LogP contribution in [0.4, 0.5) is 0 Å². The van der Waals surface area contributed by atoms with Crippen LogP contribution in [-0.2, 0) is 23.8 Å². The molecule has 0 amide bonds. The van der Waals surface area contributed by atoms with Crippen molar-refractivity contribution in [1.29, 1.82) is 0 Å². The van der Waals surface area contributed by atoms with Crippen LogP contribution in [0.1, 0.15) is 67.2 Å². The van der Waals surface area contributed by atoms with Gasteiger partial charge in [-0.25, -0.2) is 0 Å². The standard InChI is InChI=1S/C30H40O7/c1-11-14-7-9-27(4,34)20-16(21(14)35-25(11)32)13(3)19-17(20)18-22-28(5)10-8-15-12(2)26(33)36-24(15)30(19,22)29(6,37-28)23(18)31/h11-12,14-15,17-24,31,34H,7-10H2,1-6H3/t11-,12-,14-,15-,17-,18+,19-,20+,21-,22+,23-,24-,27-,28-,29+,30+/m0/s1. The van der Waals surface area contributed by atoms with Crippen LogP contribution in [0.2, 0.25) is 0 Å². The maximum Gasteiger partial charge on any atom is 0.309 e. The van der Waals surface area contributed by atoms with Gasteiger partial charge in [0.15, 0.2) is 0 Å². The molecule has 3 heterocycles. The number of ether oxygens (including phenoxy) is 3. The zero-order valence-corrected chi connectivity index (χ0v) is 22.7. The van der Waals surface area contributed by atoms with Gasteiger partial charge in [0.2, 0.25) is 0 Å². The second-order valence-corrected chi connectivity index (χ2v) is 14.7. The van der Waals surface area contributed by atoms with Crippen molar-refractivity contribution in [2.24, 2.45) is 58.7 Å². The summed E-state index contributed by atoms with van der Waals surface area (Å²) in [6.07, 6.45) is 1.71. The van der Waals surface area contributed by atoms with E-state index in [0.717, 1.165) is 24.8 Å². The van der Waals surface area contributed by atoms with Crippen LogP contribution in [0.3, 0.4) is 0 Å². The first-order chi connectivity index (χ1) is 17.3. The first kappa shape index (κ1) is 23.4. The van der Waals surface area contributed by atoms with Crippen molar-refractivity contribution in [2.45, 2.75) is 102 Å². The van der Waals surface area contributed by atoms with Gasteiger partial charge in [-0.05, 0) is 76.7 Å². The predicted molar refractivity (Wildman–Crippen MR) is 131 cm³/mol. The summed E-state index contributed by atoms with van der Waals surface area (Å²) in [5.41, 5.74) is -0.528. The molecule has 0 radical (unpaired) electrons. The van der Waals surface area contributed by atoms with E-state index in [2.05, 4.69) is 20.8 Å². The quantitative estimate of drug-likeness (QED) is 0.380. The topological polar surface area (TPSA) is 102 Å². The van der Waals surface area contributed by atoms with Crippen LogP contribution in [0.25, 0.3) is 0 Å². The van der Waals surface area contributed by atoms with Crippen molar-refractivity contribution in [3.05, 3.63) is 11.1 Å². The van der Waals surface area contributed by atoms with Crippen LogP contribution < -0.4 is 0 Å². The van der Waals surface area contributed by atoms with E-state index < -0.39 is 28.3 Å². The van der Waals surface area contributed by atoms with Gasteiger partial charge in [0.05, 0.1) is 34.6 Å². The fourth-order valence-corrected chi connectivity index (χ4v) is 12.3. The third kappa shape index (κ3) is 2.18. The van der Waals surface area contributed by atoms with Crippen molar-refractivity contribution in [2.75, 3.05) is 0 Å². The van der Waals surface area contributed by atoms with Gasteiger partial charge in [-0.1, -0.05) is 19.4 Å². The molecule has 37 heavy (non-hydrogen) atoms. The Kier molecular flexibility index (Phi) is 4.10. The van der Waals surface area contributed by atoms with Crippen molar-refractivity contribution >= 4 is 11.9 Å². The van der Waals surface area contributed by atoms with Crippen LogP contribution in [0.5, 0.6) is 0 Å². The van der Waals surface area contributed by atoms with Gasteiger partial charge in [-0.2, -0.15) is 0 Å². The number of allylic oxidation sites excluding steroid dienone is 1. The van der Waals surface area contributed by atoms with Crippen molar-refractivity contribution < 1.29 is 34.0 Å². The summed E-state index contributed by atoms with van der Waals surface area (Å²) in [6, 6.07) is 0. The number of rotatable bonds is 0. The highest BCUT2D eigenvalue weighted by Gasteiger charge is 2.91. The smallest absolute Gasteiger partial charge is 0.309 e. The van der Waals surface area contributed by atoms with Gasteiger partial charge in [0, 0.05) is 23.7 Å². The summed E-state index contributed by atoms with van der Waals surface area (Å²) in [5.74, 6) is -0.748. The van der Waals surface area contributed by atoms with E-state index in [1.807, 2.05) is 20.8 Å². The van der Waals surface area contributed by atoms with Crippen LogP contribution in [0.15, 0.2) is 11.1 Å². The van der Waals surface area contributed by atoms with Gasteiger partial charge in [-0.15, -0.1) is 0 Å². The fourth-order valence-electron chi connectivity index (χ4n) is 12.3. The number of carbonyl (C=O) groups excluding carboxylic acids is 2. The Morgan fingerprint density at radius 1 is 0.892 bits per heavy atom. The summed E-state index contributed by atoms with van der Waals surface area (Å²) in [4.78, 5) is 25.8. The molecule has 0 spiro atoms. The molecule has 202 valence electrons. The molecule has 0 unspecified atom stereocenters. The van der Waals surface area contributed by atoms with E-state index in [1.54, 1.807) is 0 Å². The Balaban J connectivity index is 1.39. The molecular weight excluding hydrogens is 472 g/mol. The highest BCUT2D eigenvalue weighted by Crippen LogP contribution is 2.85. The van der Waals surface area contributed by atoms with Gasteiger partial charge in [-0.3, -0.25) is 9.59 Å². The Morgan fingerprint density at radius 2 is 1.54 bits per heavy atom. The molecule has 7 nitrogen and oxygen atoms in total. The molecule has 8 rings (SSSR count). The summed E-state index contributed by atoms with van der Waals surface area (Å²) in [6.45, 7) is 12.4. The minimum atomic E-state index is -0.974. The third-order valence-electron chi connectivity index (χ3n) is 13.5. The molecular formula is C30H40O7. The van der Waals surface area contributed by atoms with Crippen molar-refractivity contribution in [3.8, 4) is 0 Å². The van der Waals surface area contributed by atoms with Crippen LogP contribution >= 0.6 is 0 Å². The Hall–Kier alpha value is -1.44. The monoisotopic (exact) mass is 512 g/mol. The maximum absolute atomic E-state index is 13.1. The number of aliphatic hydroxyl groups excluding tert-OH is 1. The molecule has 3 saturated heterocycles. The molecule has 4 saturated carbocycles. The van der Waals surface area contributed by atoms with Crippen molar-refractivity contribution in [1.82, 2.24) is 0 Å². The molecule has 16 atom stereocenters. The molecule has 8 aliphatic rings. The van der Waals surface area contributed by atoms with E-state index in [-0.39, 0.29) is 77.4 Å². The van der Waals surface area contributed by atoms with Gasteiger partial charge < -0.3 is 24.4 Å². The van der Waals surface area contributed by atoms with E-state index >= 15 is 0 Å². The van der Waals surface area contributed by atoms with Crippen molar-refractivity contribution in [3.63, 3.8) is 0 Å². The average Bonchev–Trinajstić information content (AvgIpc) is 3.53. The highest BCUT2D eigenvalue weighted by atomic mass is 16.6. The fraction of sp³-hybridized carbons (Fsp3) is 0.867. The van der Waals surface area contributed by atoms with Gasteiger partial charge in [0.25, 0.3) is 0 Å². The van der Waals surface area contributed by atoms with E-state index in [9.17, 15) is 19.8 Å². The summed E-state index contributed by atoms with van der Waals surface area (Å²) < 4.78 is 19.4. The van der Waals surface area contributed by atoms with E-state index in [4.69, 9.17) is 14.2 Å². The Morgan fingerprint density at radius 3 is 2.27 bits per heavy atom. The molecule has 7 heteroatoms. The zero-order chi connectivity index (χ0) is 26.2. The highest BCUT2D eigenvalue weighted by molar-refractivity contribution is 5.76. The van der Waals surface area contributed by atoms with Gasteiger partial charge >= 0.3 is 11.9 Å². The zero-order valence-electron chi connectivity index (χ0n) is 22.7. The number of fused-ring (bicyclic) bond motifs is 7.